The first-order valence-electron chi connectivity index (χ1n) is 6.49. The van der Waals surface area contributed by atoms with Gasteiger partial charge in [-0.15, -0.1) is 0 Å². The van der Waals surface area contributed by atoms with Crippen molar-refractivity contribution in [3.05, 3.63) is 17.7 Å². The van der Waals surface area contributed by atoms with Gasteiger partial charge in [-0.3, -0.25) is 4.90 Å². The summed E-state index contributed by atoms with van der Waals surface area (Å²) >= 11 is 0. The number of hydrogen-bond acceptors (Lipinski definition) is 2. The van der Waals surface area contributed by atoms with Crippen LogP contribution in [0.25, 0.3) is 0 Å². The molecule has 0 amide bonds. The Bertz CT molecular complexity index is 404. The lowest BCUT2D eigenvalue weighted by atomic mass is 9.90. The lowest BCUT2D eigenvalue weighted by Gasteiger charge is -2.39. The fourth-order valence-corrected chi connectivity index (χ4v) is 2.45. The van der Waals surface area contributed by atoms with Crippen LogP contribution < -0.4 is 0 Å². The van der Waals surface area contributed by atoms with Crippen molar-refractivity contribution < 1.29 is 0 Å². The average Bonchev–Trinajstić information content (AvgIpc) is 2.57. The van der Waals surface area contributed by atoms with E-state index < -0.39 is 0 Å². The molecule has 1 aliphatic heterocycles. The van der Waals surface area contributed by atoms with Crippen LogP contribution in [-0.4, -0.2) is 26.5 Å². The van der Waals surface area contributed by atoms with Crippen LogP contribution in [0.4, 0.5) is 0 Å². The Morgan fingerprint density at radius 1 is 1.06 bits per heavy atom. The van der Waals surface area contributed by atoms with Crippen LogP contribution in [0, 0.1) is 0 Å². The summed E-state index contributed by atoms with van der Waals surface area (Å²) in [6, 6.07) is 0. The molecule has 0 saturated heterocycles. The molecular formula is C14H25N3. The van der Waals surface area contributed by atoms with Gasteiger partial charge in [-0.05, 0) is 20.8 Å². The second-order valence-corrected chi connectivity index (χ2v) is 7.08. The minimum Gasteiger partial charge on any atom is -0.332 e. The van der Waals surface area contributed by atoms with Crippen LogP contribution in [-0.2, 0) is 18.5 Å². The van der Waals surface area contributed by atoms with Gasteiger partial charge in [0.25, 0.3) is 0 Å². The highest BCUT2D eigenvalue weighted by molar-refractivity contribution is 5.22. The quantitative estimate of drug-likeness (QED) is 0.689. The van der Waals surface area contributed by atoms with E-state index in [0.717, 1.165) is 19.6 Å². The van der Waals surface area contributed by atoms with E-state index in [2.05, 4.69) is 56.0 Å². The van der Waals surface area contributed by atoms with E-state index in [4.69, 9.17) is 0 Å². The van der Waals surface area contributed by atoms with Crippen LogP contribution in [0.5, 0.6) is 0 Å². The molecule has 96 valence electrons. The molecule has 2 rings (SSSR count). The molecule has 0 bridgehead atoms. The zero-order valence-electron chi connectivity index (χ0n) is 12.0. The van der Waals surface area contributed by atoms with Gasteiger partial charge >= 0.3 is 0 Å². The van der Waals surface area contributed by atoms with Crippen LogP contribution in [0.1, 0.15) is 52.9 Å². The molecule has 2 heterocycles. The van der Waals surface area contributed by atoms with Gasteiger partial charge in [0.15, 0.2) is 0 Å². The summed E-state index contributed by atoms with van der Waals surface area (Å²) in [6.07, 6.45) is 2.01. The van der Waals surface area contributed by atoms with Crippen LogP contribution in [0.3, 0.4) is 0 Å². The predicted molar refractivity (Wildman–Crippen MR) is 71.1 cm³/mol. The summed E-state index contributed by atoms with van der Waals surface area (Å²) in [5.41, 5.74) is 3.04. The molecule has 1 aliphatic rings. The maximum Gasteiger partial charge on any atom is 0.0952 e. The fraction of sp³-hybridized carbons (Fsp3) is 0.786. The van der Waals surface area contributed by atoms with Crippen molar-refractivity contribution >= 4 is 0 Å². The summed E-state index contributed by atoms with van der Waals surface area (Å²) in [6.45, 7) is 16.8. The minimum atomic E-state index is 0.140. The standard InChI is InChI=1S/C14H25N3/c1-13(2,3)12-11-9-17(14(4,5)6)8-7-16(11)10-15-12/h10H,7-9H2,1-6H3. The third-order valence-electron chi connectivity index (χ3n) is 3.56. The number of imidazole rings is 1. The van der Waals surface area contributed by atoms with E-state index in [1.54, 1.807) is 0 Å². The minimum absolute atomic E-state index is 0.140. The van der Waals surface area contributed by atoms with Gasteiger partial charge in [0.2, 0.25) is 0 Å². The summed E-state index contributed by atoms with van der Waals surface area (Å²) in [5, 5.41) is 0. The average molecular weight is 235 g/mol. The third-order valence-corrected chi connectivity index (χ3v) is 3.56. The first-order valence-corrected chi connectivity index (χ1v) is 6.49. The van der Waals surface area contributed by atoms with Crippen molar-refractivity contribution in [2.45, 2.75) is 65.6 Å². The molecule has 0 aromatic carbocycles. The summed E-state index contributed by atoms with van der Waals surface area (Å²) in [7, 11) is 0. The Hall–Kier alpha value is -0.830. The van der Waals surface area contributed by atoms with E-state index in [9.17, 15) is 0 Å². The molecule has 0 atom stereocenters. The van der Waals surface area contributed by atoms with Crippen molar-refractivity contribution in [2.24, 2.45) is 0 Å². The van der Waals surface area contributed by atoms with Crippen molar-refractivity contribution in [1.82, 2.24) is 14.5 Å². The molecule has 0 fully saturated rings. The Morgan fingerprint density at radius 2 is 1.71 bits per heavy atom. The zero-order valence-corrected chi connectivity index (χ0v) is 12.0. The van der Waals surface area contributed by atoms with Crippen molar-refractivity contribution in [1.29, 1.82) is 0 Å². The highest BCUT2D eigenvalue weighted by Crippen LogP contribution is 2.29. The molecule has 0 N–H and O–H groups in total. The van der Waals surface area contributed by atoms with Crippen LogP contribution >= 0.6 is 0 Å². The smallest absolute Gasteiger partial charge is 0.0952 e. The van der Waals surface area contributed by atoms with Crippen LogP contribution in [0.2, 0.25) is 0 Å². The van der Waals surface area contributed by atoms with Gasteiger partial charge < -0.3 is 4.57 Å². The first-order chi connectivity index (χ1) is 7.69. The van der Waals surface area contributed by atoms with Gasteiger partial charge in [-0.25, -0.2) is 4.98 Å². The highest BCUT2D eigenvalue weighted by atomic mass is 15.3. The number of fused-ring (bicyclic) bond motifs is 1. The molecule has 3 heteroatoms. The highest BCUT2D eigenvalue weighted by Gasteiger charge is 2.30. The number of nitrogens with zero attached hydrogens (tertiary/aromatic N) is 3. The van der Waals surface area contributed by atoms with E-state index in [1.807, 2.05) is 6.33 Å². The maximum atomic E-state index is 4.62. The lowest BCUT2D eigenvalue weighted by molar-refractivity contribution is 0.102. The maximum absolute atomic E-state index is 4.62. The van der Waals surface area contributed by atoms with Gasteiger partial charge in [-0.2, -0.15) is 0 Å². The Kier molecular flexibility index (Phi) is 2.85. The van der Waals surface area contributed by atoms with Crippen LogP contribution in [0.15, 0.2) is 6.33 Å². The van der Waals surface area contributed by atoms with Crippen molar-refractivity contribution in [2.75, 3.05) is 6.54 Å². The van der Waals surface area contributed by atoms with E-state index in [-0.39, 0.29) is 11.0 Å². The number of aromatic nitrogens is 2. The van der Waals surface area contributed by atoms with Gasteiger partial charge in [-0.1, -0.05) is 20.8 Å². The molecule has 1 aromatic rings. The monoisotopic (exact) mass is 235 g/mol. The second-order valence-electron chi connectivity index (χ2n) is 7.08. The topological polar surface area (TPSA) is 21.1 Å². The lowest BCUT2D eigenvalue weighted by Crippen LogP contribution is -2.46. The van der Waals surface area contributed by atoms with Gasteiger partial charge in [0, 0.05) is 30.6 Å². The molecule has 3 nitrogen and oxygen atoms in total. The van der Waals surface area contributed by atoms with Gasteiger partial charge in [0.1, 0.15) is 0 Å². The zero-order chi connectivity index (χ0) is 12.8. The summed E-state index contributed by atoms with van der Waals surface area (Å²) in [4.78, 5) is 7.16. The summed E-state index contributed by atoms with van der Waals surface area (Å²) in [5.74, 6) is 0. The number of rotatable bonds is 0. The molecule has 0 radical (unpaired) electrons. The molecule has 0 unspecified atom stereocenters. The Morgan fingerprint density at radius 3 is 2.24 bits per heavy atom. The summed E-state index contributed by atoms with van der Waals surface area (Å²) < 4.78 is 2.32. The van der Waals surface area contributed by atoms with Gasteiger partial charge in [0.05, 0.1) is 17.7 Å². The molecule has 0 spiro atoms. The fourth-order valence-electron chi connectivity index (χ4n) is 2.45. The molecule has 0 saturated carbocycles. The molecule has 0 aliphatic carbocycles. The normalized spacial score (nSPS) is 18.2. The largest absolute Gasteiger partial charge is 0.332 e. The van der Waals surface area contributed by atoms with Crippen molar-refractivity contribution in [3.63, 3.8) is 0 Å². The molecule has 17 heavy (non-hydrogen) atoms. The van der Waals surface area contributed by atoms with E-state index >= 15 is 0 Å². The van der Waals surface area contributed by atoms with E-state index in [0.29, 0.717) is 0 Å². The first kappa shape index (κ1) is 12.6. The number of hydrogen-bond donors (Lipinski definition) is 0. The Labute approximate surface area is 105 Å². The van der Waals surface area contributed by atoms with E-state index in [1.165, 1.54) is 11.4 Å². The molecule has 1 aromatic heterocycles. The Balaban J connectivity index is 2.33. The predicted octanol–water partition coefficient (Wildman–Crippen LogP) is 2.79. The van der Waals surface area contributed by atoms with Crippen molar-refractivity contribution in [3.8, 4) is 0 Å². The third kappa shape index (κ3) is 2.39. The SMILES string of the molecule is CC(C)(C)c1ncn2c1CN(C(C)(C)C)CC2. The second kappa shape index (κ2) is 3.84. The molecular weight excluding hydrogens is 210 g/mol.